The van der Waals surface area contributed by atoms with Crippen molar-refractivity contribution in [2.24, 2.45) is 97.1 Å². The van der Waals surface area contributed by atoms with Gasteiger partial charge in [-0.3, -0.25) is 9.59 Å². The third-order valence-corrected chi connectivity index (χ3v) is 19.2. The van der Waals surface area contributed by atoms with Crippen LogP contribution in [-0.2, 0) is 28.7 Å². The number of aliphatic hydroxyl groups excluding tert-OH is 2. The summed E-state index contributed by atoms with van der Waals surface area (Å²) in [6.07, 6.45) is 31.3. The second-order valence-corrected chi connectivity index (χ2v) is 37.8. The summed E-state index contributed by atoms with van der Waals surface area (Å²) in [6.45, 7) is 76.0. The minimum atomic E-state index is -0.271. The van der Waals surface area contributed by atoms with Gasteiger partial charge < -0.3 is 69.0 Å². The molecule has 8 nitrogen and oxygen atoms in total. The summed E-state index contributed by atoms with van der Waals surface area (Å²) in [6, 6.07) is 0. The Balaban J connectivity index is -0.0000000886. The van der Waals surface area contributed by atoms with E-state index in [0.29, 0.717) is 97.7 Å². The van der Waals surface area contributed by atoms with Crippen LogP contribution in [0.2, 0.25) is 0 Å². The molecule has 0 saturated heterocycles. The standard InChI is InChI=1S/C14H26O2.C12H26O.C12H24O.C11H22O.C11H20O.C11H22O.C10H18O.C4H8.2CH3.2ClH.2Mg/c1-11(8-7-9-14(4,5)6)10-12(2)16-13(3)15;2*1-10(9-11(2)13)7-6-8-12(3,4)5;2*1-8-6-5-7-11(3,4)10(8)9(2)12;1-10(7-9-12)6-5-8-11(2,3)4;1-8-5-4-6-10(2,3)9(8)7-11;1-4(2)3;;;;;;/h11H,2,7-10H2,1,3-6H3;10-11,13H,6-9H2,1-5H3;10H,6-9H2,1-5H3;8-10,12H,5-7H2,1-4H3;8,10H,5-7H2,1-4H3;9-10H,5-8H2,1-4H3;7-9H,4-6H2,1-3H3;1H2,2-3H3;2*1H3;2*1H;;/q;;;;;;;;2*-1;;;2*+2/p-1/t11-;10-,11?;10-;8-,9?,10-;8-,10-;10-;8-,9+;;;;;;;/m0000000......./s1. The normalized spacial score (nSPS) is 21.1. The molecule has 0 aromatic heterocycles. The fourth-order valence-corrected chi connectivity index (χ4v) is 14.6. The van der Waals surface area contributed by atoms with E-state index in [2.05, 4.69) is 186 Å². The molecule has 0 heterocycles. The van der Waals surface area contributed by atoms with E-state index in [9.17, 15) is 34.2 Å². The van der Waals surface area contributed by atoms with Crippen LogP contribution in [0.25, 0.3) is 0 Å². The predicted octanol–water partition coefficient (Wildman–Crippen LogP) is 19.5. The second-order valence-electron chi connectivity index (χ2n) is 37.8. The molecule has 0 bridgehead atoms. The van der Waals surface area contributed by atoms with Crippen molar-refractivity contribution in [2.75, 3.05) is 0 Å². The molecule has 2 unspecified atom stereocenters. The third-order valence-electron chi connectivity index (χ3n) is 19.2. The molecular weight excluding hydrogens is 1290 g/mol. The van der Waals surface area contributed by atoms with Crippen molar-refractivity contribution in [3.05, 3.63) is 39.3 Å². The van der Waals surface area contributed by atoms with Crippen LogP contribution < -0.4 is 24.8 Å². The van der Waals surface area contributed by atoms with Gasteiger partial charge in [0.1, 0.15) is 29.9 Å². The molecule has 0 spiro atoms. The van der Waals surface area contributed by atoms with E-state index in [1.165, 1.54) is 141 Å². The molecule has 12 heteroatoms. The smallest absolute Gasteiger partial charge is 1.00 e. The first-order valence-electron chi connectivity index (χ1n) is 37.7. The Bertz CT molecular complexity index is 1990. The summed E-state index contributed by atoms with van der Waals surface area (Å²) in [5, 5.41) is 18.9. The quantitative estimate of drug-likeness (QED) is 0.0244. The number of rotatable bonds is 24. The van der Waals surface area contributed by atoms with Crippen LogP contribution in [0, 0.1) is 112 Å². The maximum absolute atomic E-state index is 11.4. The van der Waals surface area contributed by atoms with Crippen molar-refractivity contribution in [3.8, 4) is 0 Å². The molecular formula is C87H173Cl2Mg2O8+. The molecule has 3 aliphatic rings. The largest absolute Gasteiger partial charge is 2.00 e. The van der Waals surface area contributed by atoms with Crippen molar-refractivity contribution < 1.29 is 65.2 Å². The van der Waals surface area contributed by atoms with Crippen molar-refractivity contribution in [1.82, 2.24) is 0 Å². The first kappa shape index (κ1) is 122. The molecule has 3 fully saturated rings. The molecule has 0 aliphatic heterocycles. The van der Waals surface area contributed by atoms with Crippen LogP contribution in [0.1, 0.15) is 384 Å². The number of ketones is 2. The first-order valence-corrected chi connectivity index (χ1v) is 37.7. The Morgan fingerprint density at radius 1 is 0.525 bits per heavy atom. The molecule has 3 rings (SSSR count). The maximum atomic E-state index is 11.4. The number of hydrogen-bond donors (Lipinski definition) is 2. The summed E-state index contributed by atoms with van der Waals surface area (Å²) in [5.74, 6) is 6.32. The van der Waals surface area contributed by atoms with Gasteiger partial charge in [-0.05, 0) is 191 Å². The summed E-state index contributed by atoms with van der Waals surface area (Å²) in [4.78, 5) is 53.9. The fourth-order valence-electron chi connectivity index (χ4n) is 14.6. The van der Waals surface area contributed by atoms with E-state index in [1.54, 1.807) is 13.8 Å². The van der Waals surface area contributed by atoms with Gasteiger partial charge in [-0.25, -0.2) is 0 Å². The maximum Gasteiger partial charge on any atom is 2.00 e. The van der Waals surface area contributed by atoms with E-state index in [1.807, 2.05) is 27.7 Å². The van der Waals surface area contributed by atoms with Crippen molar-refractivity contribution in [1.29, 1.82) is 0 Å². The summed E-state index contributed by atoms with van der Waals surface area (Å²) in [5.41, 5.74) is 3.75. The number of ether oxygens (including phenoxy) is 1. The minimum absolute atomic E-state index is 0. The number of aliphatic hydroxyl groups is 2. The van der Waals surface area contributed by atoms with Gasteiger partial charge in [-0.1, -0.05) is 262 Å². The Morgan fingerprint density at radius 3 is 1.10 bits per heavy atom. The molecule has 586 valence electrons. The molecule has 0 aromatic rings. The van der Waals surface area contributed by atoms with Gasteiger partial charge in [0, 0.05) is 38.0 Å². The zero-order valence-electron chi connectivity index (χ0n) is 73.7. The zero-order valence-corrected chi connectivity index (χ0v) is 77.0. The minimum Gasteiger partial charge on any atom is -1.00 e. The van der Waals surface area contributed by atoms with Gasteiger partial charge in [-0.2, -0.15) is 0 Å². The van der Waals surface area contributed by atoms with Crippen LogP contribution in [0.4, 0.5) is 0 Å². The van der Waals surface area contributed by atoms with Crippen LogP contribution in [0.15, 0.2) is 24.5 Å². The SMILES string of the molecule is C=C(C)C.C=C(C[C@@H](C)CCCC(C)(C)C)OC(C)=O.CC(=O)C[C@@H](C)CCCC(C)(C)C.CC(=O)[C@@H]1[C@@H](C)CCCC1(C)C.CC(O)C[C@@H](C)CCCC(C)(C)C.CC(O)[C@@H]1[C@@H](C)CCCC1(C)C.C[C@H](CC=O)CCCC(C)(C)C.C[C@H]1CCCC(C)(C)[C@@H]1C=O.[CH3-].[CH3-].[Cl-].[Cl-].[H+].[Mg+2].[Mg+2]. The van der Waals surface area contributed by atoms with Crippen molar-refractivity contribution in [2.45, 2.75) is 394 Å². The zero-order chi connectivity index (χ0) is 74.1. The van der Waals surface area contributed by atoms with Gasteiger partial charge in [-0.15, -0.1) is 6.58 Å². The predicted molar refractivity (Wildman–Crippen MR) is 433 cm³/mol. The van der Waals surface area contributed by atoms with E-state index >= 15 is 0 Å². The number of allylic oxidation sites excluding steroid dienone is 2. The Labute approximate surface area is 667 Å². The van der Waals surface area contributed by atoms with Crippen LogP contribution in [0.5, 0.6) is 0 Å². The number of aldehydes is 2. The molecule has 2 N–H and O–H groups in total. The van der Waals surface area contributed by atoms with Gasteiger partial charge in [0.25, 0.3) is 0 Å². The summed E-state index contributed by atoms with van der Waals surface area (Å²) in [7, 11) is 0. The molecule has 12 atom stereocenters. The molecule has 99 heavy (non-hydrogen) atoms. The van der Waals surface area contributed by atoms with E-state index < -0.39 is 0 Å². The average molecular weight is 1470 g/mol. The number of carbonyl (C=O) groups is 5. The Morgan fingerprint density at radius 2 is 0.848 bits per heavy atom. The number of esters is 1. The number of Topliss-reactive ketones (excluding diaryl/α,β-unsaturated/α-hetero) is 2. The van der Waals surface area contributed by atoms with Crippen LogP contribution >= 0.6 is 0 Å². The van der Waals surface area contributed by atoms with Crippen LogP contribution in [-0.4, -0.2) is 98.6 Å². The first-order chi connectivity index (χ1) is 42.0. The fraction of sp³-hybridized carbons (Fsp3) is 0.874. The van der Waals surface area contributed by atoms with Crippen molar-refractivity contribution in [3.63, 3.8) is 0 Å². The van der Waals surface area contributed by atoms with Gasteiger partial charge in [0.2, 0.25) is 0 Å². The van der Waals surface area contributed by atoms with Gasteiger partial charge in [0.15, 0.2) is 0 Å². The monoisotopic (exact) mass is 1460 g/mol. The summed E-state index contributed by atoms with van der Waals surface area (Å²) >= 11 is 0. The second kappa shape index (κ2) is 62.7. The Kier molecular flexibility index (Phi) is 77.5. The van der Waals surface area contributed by atoms with E-state index in [0.717, 1.165) is 44.7 Å². The van der Waals surface area contributed by atoms with E-state index in [-0.39, 0.29) is 122 Å². The van der Waals surface area contributed by atoms with Crippen molar-refractivity contribution >= 4 is 76.2 Å². The van der Waals surface area contributed by atoms with Gasteiger partial charge >= 0.3 is 53.5 Å². The molecule has 3 saturated carbocycles. The average Bonchev–Trinajstić information content (AvgIpc) is 0.830. The number of halogens is 2. The number of carbonyl (C=O) groups excluding carboxylic acids is 5. The Hall–Kier alpha value is -0.338. The molecule has 0 amide bonds. The molecule has 0 radical (unpaired) electrons. The van der Waals surface area contributed by atoms with Crippen LogP contribution in [0.3, 0.4) is 0 Å². The van der Waals surface area contributed by atoms with Gasteiger partial charge in [0.05, 0.1) is 12.2 Å². The molecule has 0 aromatic carbocycles. The topological polar surface area (TPSA) is 135 Å². The summed E-state index contributed by atoms with van der Waals surface area (Å²) < 4.78 is 4.93. The van der Waals surface area contributed by atoms with E-state index in [4.69, 9.17) is 4.74 Å². The molecule has 3 aliphatic carbocycles. The number of hydrogen-bond acceptors (Lipinski definition) is 8. The third kappa shape index (κ3) is 77.1.